The van der Waals surface area contributed by atoms with Crippen LogP contribution in [0.25, 0.3) is 22.3 Å². The van der Waals surface area contributed by atoms with E-state index in [2.05, 4.69) is 26.1 Å². The zero-order chi connectivity index (χ0) is 19.4. The van der Waals surface area contributed by atoms with Crippen molar-refractivity contribution in [1.29, 1.82) is 10.7 Å². The molecule has 0 saturated carbocycles. The molecule has 3 aromatic heterocycles. The first-order valence-electron chi connectivity index (χ1n) is 8.31. The second-order valence-electron chi connectivity index (χ2n) is 6.33. The van der Waals surface area contributed by atoms with Gasteiger partial charge in [-0.25, -0.2) is 9.97 Å². The molecule has 2 N–H and O–H groups in total. The normalized spacial score (nSPS) is 14.6. The smallest absolute Gasteiger partial charge is 0.141 e. The fourth-order valence-corrected chi connectivity index (χ4v) is 3.52. The quantitative estimate of drug-likeness (QED) is 0.449. The van der Waals surface area contributed by atoms with E-state index in [4.69, 9.17) is 5.41 Å². The van der Waals surface area contributed by atoms with E-state index in [1.54, 1.807) is 17.1 Å². The number of hydrogen-bond donors (Lipinski definition) is 2. The Balaban J connectivity index is 1.85. The number of fused-ring (bicyclic) bond motifs is 1. The van der Waals surface area contributed by atoms with Crippen molar-refractivity contribution in [3.8, 4) is 17.3 Å². The summed E-state index contributed by atoms with van der Waals surface area (Å²) >= 11 is -2.28. The molecule has 10 heteroatoms. The van der Waals surface area contributed by atoms with Crippen LogP contribution in [0.3, 0.4) is 0 Å². The average Bonchev–Trinajstić information content (AvgIpc) is 3.27. The Morgan fingerprint density at radius 3 is 3.07 bits per heavy atom. The molecule has 3 heterocycles. The fraction of sp³-hybridized carbons (Fsp3) is 0.353. The van der Waals surface area contributed by atoms with Gasteiger partial charge in [0.15, 0.2) is 0 Å². The van der Waals surface area contributed by atoms with E-state index in [0.717, 1.165) is 22.3 Å². The van der Waals surface area contributed by atoms with E-state index in [9.17, 15) is 14.0 Å². The summed E-state index contributed by atoms with van der Waals surface area (Å²) in [5, 5.41) is 22.3. The maximum absolute atomic E-state index is 10.8. The van der Waals surface area contributed by atoms with Gasteiger partial charge in [-0.15, -0.1) is 0 Å². The van der Waals surface area contributed by atoms with E-state index in [0.29, 0.717) is 0 Å². The first-order valence-corrected chi connectivity index (χ1v) is 9.55. The van der Waals surface area contributed by atoms with Gasteiger partial charge >= 0.3 is 0 Å². The highest BCUT2D eigenvalue weighted by Gasteiger charge is 2.22. The first-order chi connectivity index (χ1) is 13.0. The highest BCUT2D eigenvalue weighted by atomic mass is 32.2. The third-order valence-electron chi connectivity index (χ3n) is 4.39. The van der Waals surface area contributed by atoms with Crippen LogP contribution in [-0.4, -0.2) is 45.0 Å². The van der Waals surface area contributed by atoms with E-state index >= 15 is 0 Å². The topological polar surface area (TPSA) is 147 Å². The van der Waals surface area contributed by atoms with E-state index in [1.165, 1.54) is 6.33 Å². The standard InChI is InChI=1S/C17H19N7O2S/c1-11(6-13(19)9-27(25)26)15(2-4-18)24-8-12(7-23-24)16-14-3-5-20-17(14)22-10-21-16/h3,5,7-8,10-11,15,19H,2,6,9H2,1H3,(H,25,26)(H,20,21,22)/p-1. The minimum Gasteiger partial charge on any atom is -0.772 e. The summed E-state index contributed by atoms with van der Waals surface area (Å²) in [7, 11) is 0. The molecule has 0 spiro atoms. The molecule has 3 rings (SSSR count). The molecule has 9 nitrogen and oxygen atoms in total. The van der Waals surface area contributed by atoms with Gasteiger partial charge in [0, 0.05) is 34.8 Å². The maximum Gasteiger partial charge on any atom is 0.141 e. The molecule has 0 bridgehead atoms. The van der Waals surface area contributed by atoms with E-state index < -0.39 is 11.1 Å². The number of nitriles is 1. The van der Waals surface area contributed by atoms with Crippen molar-refractivity contribution < 1.29 is 8.76 Å². The Morgan fingerprint density at radius 2 is 2.33 bits per heavy atom. The predicted molar refractivity (Wildman–Crippen MR) is 99.7 cm³/mol. The van der Waals surface area contributed by atoms with Gasteiger partial charge in [0.1, 0.15) is 12.0 Å². The van der Waals surface area contributed by atoms with Gasteiger partial charge in [-0.1, -0.05) is 6.92 Å². The summed E-state index contributed by atoms with van der Waals surface area (Å²) in [4.78, 5) is 11.6. The van der Waals surface area contributed by atoms with Crippen molar-refractivity contribution in [1.82, 2.24) is 24.7 Å². The summed E-state index contributed by atoms with van der Waals surface area (Å²) in [5.41, 5.74) is 2.39. The molecular formula is C17H18N7O2S-. The fourth-order valence-electron chi connectivity index (χ4n) is 3.12. The van der Waals surface area contributed by atoms with Gasteiger partial charge in [0.2, 0.25) is 0 Å². The Morgan fingerprint density at radius 1 is 1.52 bits per heavy atom. The molecule has 140 valence electrons. The lowest BCUT2D eigenvalue weighted by Crippen LogP contribution is -2.22. The molecule has 3 aromatic rings. The van der Waals surface area contributed by atoms with Crippen LogP contribution >= 0.6 is 0 Å². The zero-order valence-corrected chi connectivity index (χ0v) is 15.4. The Labute approximate surface area is 158 Å². The van der Waals surface area contributed by atoms with Gasteiger partial charge in [0.05, 0.1) is 30.4 Å². The first kappa shape index (κ1) is 18.9. The number of aromatic nitrogens is 5. The second kappa shape index (κ2) is 8.20. The van der Waals surface area contributed by atoms with Crippen molar-refractivity contribution in [3.63, 3.8) is 0 Å². The Hall–Kier alpha value is -2.90. The number of rotatable bonds is 8. The summed E-state index contributed by atoms with van der Waals surface area (Å²) in [6, 6.07) is 3.77. The molecule has 27 heavy (non-hydrogen) atoms. The van der Waals surface area contributed by atoms with Crippen LogP contribution in [0.1, 0.15) is 25.8 Å². The van der Waals surface area contributed by atoms with Crippen LogP contribution in [0.15, 0.2) is 31.0 Å². The number of nitrogens with zero attached hydrogens (tertiary/aromatic N) is 5. The lowest BCUT2D eigenvalue weighted by atomic mass is 9.94. The molecule has 3 unspecified atom stereocenters. The molecule has 0 aromatic carbocycles. The number of hydrogen-bond acceptors (Lipinski definition) is 7. The van der Waals surface area contributed by atoms with Crippen molar-refractivity contribution in [2.75, 3.05) is 5.75 Å². The van der Waals surface area contributed by atoms with Crippen LogP contribution in [0.5, 0.6) is 0 Å². The van der Waals surface area contributed by atoms with Crippen molar-refractivity contribution in [2.24, 2.45) is 5.92 Å². The molecule has 0 fully saturated rings. The average molecular weight is 384 g/mol. The van der Waals surface area contributed by atoms with Crippen molar-refractivity contribution in [3.05, 3.63) is 31.0 Å². The molecule has 0 radical (unpaired) electrons. The van der Waals surface area contributed by atoms with Crippen LogP contribution in [0.4, 0.5) is 0 Å². The van der Waals surface area contributed by atoms with Crippen molar-refractivity contribution in [2.45, 2.75) is 25.8 Å². The maximum atomic E-state index is 10.8. The molecule has 3 atom stereocenters. The molecule has 0 amide bonds. The lowest BCUT2D eigenvalue weighted by Gasteiger charge is -2.22. The van der Waals surface area contributed by atoms with Crippen LogP contribution in [0.2, 0.25) is 0 Å². The summed E-state index contributed by atoms with van der Waals surface area (Å²) in [5.74, 6) is -0.411. The third kappa shape index (κ3) is 4.27. The second-order valence-corrected chi connectivity index (χ2v) is 7.23. The predicted octanol–water partition coefficient (Wildman–Crippen LogP) is 2.20. The number of aromatic amines is 1. The molecular weight excluding hydrogens is 366 g/mol. The lowest BCUT2D eigenvalue weighted by molar-refractivity contribution is 0.337. The SMILES string of the molecule is CC(CC(=N)CS(=O)[O-])C(CC#N)n1cc(-c2ncnc3[nH]ccc23)cn1. The molecule has 0 aliphatic carbocycles. The van der Waals surface area contributed by atoms with E-state index in [1.807, 2.05) is 19.2 Å². The molecule has 0 aliphatic rings. The zero-order valence-electron chi connectivity index (χ0n) is 14.6. The van der Waals surface area contributed by atoms with Gasteiger partial charge in [-0.3, -0.25) is 8.89 Å². The molecule has 0 saturated heterocycles. The Kier molecular flexibility index (Phi) is 5.73. The summed E-state index contributed by atoms with van der Waals surface area (Å²) < 4.78 is 23.3. The largest absolute Gasteiger partial charge is 0.772 e. The van der Waals surface area contributed by atoms with E-state index in [-0.39, 0.29) is 36.3 Å². The summed E-state index contributed by atoms with van der Waals surface area (Å²) in [6.45, 7) is 1.89. The van der Waals surface area contributed by atoms with Crippen LogP contribution < -0.4 is 0 Å². The van der Waals surface area contributed by atoms with Crippen LogP contribution in [-0.2, 0) is 11.1 Å². The summed E-state index contributed by atoms with van der Waals surface area (Å²) in [6.07, 6.45) is 7.27. The number of nitrogens with one attached hydrogen (secondary N) is 2. The Bertz CT molecular complexity index is 1020. The van der Waals surface area contributed by atoms with Crippen LogP contribution in [0, 0.1) is 22.7 Å². The van der Waals surface area contributed by atoms with Gasteiger partial charge < -0.3 is 14.9 Å². The highest BCUT2D eigenvalue weighted by molar-refractivity contribution is 7.79. The highest BCUT2D eigenvalue weighted by Crippen LogP contribution is 2.29. The molecule has 0 aliphatic heterocycles. The number of H-pyrrole nitrogens is 1. The van der Waals surface area contributed by atoms with Crippen molar-refractivity contribution >= 4 is 27.8 Å². The third-order valence-corrected chi connectivity index (χ3v) is 4.97. The minimum atomic E-state index is -2.28. The van der Waals surface area contributed by atoms with Gasteiger partial charge in [0.25, 0.3) is 0 Å². The van der Waals surface area contributed by atoms with Gasteiger partial charge in [-0.05, 0) is 29.5 Å². The minimum absolute atomic E-state index is 0.119. The van der Waals surface area contributed by atoms with Gasteiger partial charge in [-0.2, -0.15) is 10.4 Å². The monoisotopic (exact) mass is 384 g/mol.